The first-order valence-electron chi connectivity index (χ1n) is 9.49. The second-order valence-corrected chi connectivity index (χ2v) is 7.02. The minimum atomic E-state index is -0.886. The summed E-state index contributed by atoms with van der Waals surface area (Å²) >= 11 is 0. The second kappa shape index (κ2) is 10.5. The Labute approximate surface area is 161 Å². The predicted molar refractivity (Wildman–Crippen MR) is 105 cm³/mol. The number of ether oxygens (including phenoxy) is 1. The molecule has 1 N–H and O–H groups in total. The first-order valence-corrected chi connectivity index (χ1v) is 9.49. The molecule has 0 saturated carbocycles. The van der Waals surface area contributed by atoms with Crippen LogP contribution in [0.5, 0.6) is 0 Å². The third-order valence-electron chi connectivity index (χ3n) is 4.95. The van der Waals surface area contributed by atoms with Crippen molar-refractivity contribution in [2.24, 2.45) is 11.8 Å². The maximum atomic E-state index is 12.7. The van der Waals surface area contributed by atoms with E-state index in [1.807, 2.05) is 48.5 Å². The largest absolute Gasteiger partial charge is 0.481 e. The van der Waals surface area contributed by atoms with Gasteiger partial charge in [0.1, 0.15) is 6.61 Å². The average molecular weight is 368 g/mol. The Morgan fingerprint density at radius 1 is 0.963 bits per heavy atom. The van der Waals surface area contributed by atoms with Crippen molar-refractivity contribution >= 4 is 11.9 Å². The van der Waals surface area contributed by atoms with Gasteiger partial charge in [-0.3, -0.25) is 9.59 Å². The van der Waals surface area contributed by atoms with Crippen molar-refractivity contribution in [1.29, 1.82) is 0 Å². The van der Waals surface area contributed by atoms with Crippen molar-refractivity contribution in [2.45, 2.75) is 45.6 Å². The molecule has 0 amide bonds. The van der Waals surface area contributed by atoms with Crippen LogP contribution >= 0.6 is 0 Å². The van der Waals surface area contributed by atoms with Crippen LogP contribution in [-0.2, 0) is 20.9 Å². The summed E-state index contributed by atoms with van der Waals surface area (Å²) in [5.74, 6) is -2.04. The summed E-state index contributed by atoms with van der Waals surface area (Å²) in [6.07, 6.45) is 1.76. The van der Waals surface area contributed by atoms with Crippen LogP contribution in [0.25, 0.3) is 0 Å². The Hall–Kier alpha value is -2.62. The van der Waals surface area contributed by atoms with Crippen molar-refractivity contribution in [3.8, 4) is 0 Å². The monoisotopic (exact) mass is 368 g/mol. The van der Waals surface area contributed by atoms with Crippen LogP contribution < -0.4 is 0 Å². The summed E-state index contributed by atoms with van der Waals surface area (Å²) in [5, 5.41) is 9.28. The molecule has 0 bridgehead atoms. The van der Waals surface area contributed by atoms with Crippen LogP contribution in [0.2, 0.25) is 0 Å². The minimum absolute atomic E-state index is 0.196. The number of carbonyl (C=O) groups is 2. The van der Waals surface area contributed by atoms with Crippen LogP contribution in [0.1, 0.15) is 50.2 Å². The Balaban J connectivity index is 2.09. The number of aliphatic carboxylic acids is 1. The van der Waals surface area contributed by atoms with Crippen molar-refractivity contribution < 1.29 is 19.4 Å². The number of hydrogen-bond acceptors (Lipinski definition) is 3. The number of rotatable bonds is 10. The summed E-state index contributed by atoms with van der Waals surface area (Å²) < 4.78 is 5.52. The topological polar surface area (TPSA) is 63.6 Å². The number of benzene rings is 2. The molecular weight excluding hydrogens is 340 g/mol. The first-order chi connectivity index (χ1) is 13.0. The molecule has 0 saturated heterocycles. The minimum Gasteiger partial charge on any atom is -0.481 e. The van der Waals surface area contributed by atoms with E-state index < -0.39 is 17.8 Å². The van der Waals surface area contributed by atoms with E-state index in [1.165, 1.54) is 5.56 Å². The van der Waals surface area contributed by atoms with E-state index in [-0.39, 0.29) is 24.9 Å². The molecule has 0 fully saturated rings. The Morgan fingerprint density at radius 2 is 1.56 bits per heavy atom. The van der Waals surface area contributed by atoms with Gasteiger partial charge in [0, 0.05) is 0 Å². The molecule has 144 valence electrons. The van der Waals surface area contributed by atoms with Crippen LogP contribution in [0, 0.1) is 11.8 Å². The summed E-state index contributed by atoms with van der Waals surface area (Å²) in [6.45, 7) is 3.94. The van der Waals surface area contributed by atoms with Crippen LogP contribution in [-0.4, -0.2) is 17.0 Å². The molecule has 2 aromatic rings. The van der Waals surface area contributed by atoms with Crippen molar-refractivity contribution in [3.63, 3.8) is 0 Å². The molecule has 0 aliphatic carbocycles. The highest BCUT2D eigenvalue weighted by Gasteiger charge is 2.28. The fourth-order valence-corrected chi connectivity index (χ4v) is 3.27. The van der Waals surface area contributed by atoms with Gasteiger partial charge in [0.25, 0.3) is 0 Å². The van der Waals surface area contributed by atoms with Gasteiger partial charge in [0.2, 0.25) is 0 Å². The molecule has 27 heavy (non-hydrogen) atoms. The zero-order valence-corrected chi connectivity index (χ0v) is 16.0. The van der Waals surface area contributed by atoms with Gasteiger partial charge in [-0.15, -0.1) is 0 Å². The zero-order valence-electron chi connectivity index (χ0n) is 16.0. The highest BCUT2D eigenvalue weighted by atomic mass is 16.5. The summed E-state index contributed by atoms with van der Waals surface area (Å²) in [4.78, 5) is 24.1. The molecule has 0 aliphatic rings. The Morgan fingerprint density at radius 3 is 2.11 bits per heavy atom. The summed E-state index contributed by atoms with van der Waals surface area (Å²) in [5.41, 5.74) is 2.09. The van der Waals surface area contributed by atoms with Crippen molar-refractivity contribution in [2.75, 3.05) is 0 Å². The molecule has 0 spiro atoms. The van der Waals surface area contributed by atoms with Gasteiger partial charge >= 0.3 is 11.9 Å². The van der Waals surface area contributed by atoms with Gasteiger partial charge in [-0.2, -0.15) is 0 Å². The molecule has 2 aromatic carbocycles. The smallest absolute Gasteiger partial charge is 0.309 e. The summed E-state index contributed by atoms with van der Waals surface area (Å²) in [6, 6.07) is 19.6. The van der Waals surface area contributed by atoms with E-state index >= 15 is 0 Å². The van der Waals surface area contributed by atoms with E-state index in [2.05, 4.69) is 19.1 Å². The lowest BCUT2D eigenvalue weighted by Gasteiger charge is -2.23. The molecule has 2 rings (SSSR count). The average Bonchev–Trinajstić information content (AvgIpc) is 2.70. The van der Waals surface area contributed by atoms with E-state index in [1.54, 1.807) is 6.92 Å². The number of carboxylic acids is 1. The molecule has 0 aromatic heterocycles. The third kappa shape index (κ3) is 6.55. The fraction of sp³-hybridized carbons (Fsp3) is 0.391. The molecule has 0 aliphatic heterocycles. The van der Waals surface area contributed by atoms with Crippen LogP contribution in [0.3, 0.4) is 0 Å². The summed E-state index contributed by atoms with van der Waals surface area (Å²) in [7, 11) is 0. The second-order valence-electron chi connectivity index (χ2n) is 7.02. The standard InChI is InChI=1S/C23H28O4/c1-3-19(20-12-8-5-9-13-20)15-21(14-17(2)22(24)25)23(26)27-16-18-10-6-4-7-11-18/h4-13,17,19,21H,3,14-16H2,1-2H3,(H,24,25). The fourth-order valence-electron chi connectivity index (χ4n) is 3.27. The Kier molecular flexibility index (Phi) is 8.05. The van der Waals surface area contributed by atoms with Gasteiger partial charge in [-0.25, -0.2) is 0 Å². The van der Waals surface area contributed by atoms with Crippen molar-refractivity contribution in [1.82, 2.24) is 0 Å². The van der Waals surface area contributed by atoms with Crippen molar-refractivity contribution in [3.05, 3.63) is 71.8 Å². The number of esters is 1. The highest BCUT2D eigenvalue weighted by molar-refractivity contribution is 5.75. The Bertz CT molecular complexity index is 712. The van der Waals surface area contributed by atoms with E-state index in [4.69, 9.17) is 4.74 Å². The maximum Gasteiger partial charge on any atom is 0.309 e. The molecule has 3 atom stereocenters. The number of hydrogen-bond donors (Lipinski definition) is 1. The lowest BCUT2D eigenvalue weighted by molar-refractivity contribution is -0.152. The van der Waals surface area contributed by atoms with Gasteiger partial charge in [0.15, 0.2) is 0 Å². The highest BCUT2D eigenvalue weighted by Crippen LogP contribution is 2.31. The normalized spacial score (nSPS) is 14.1. The first kappa shape index (κ1) is 20.7. The zero-order chi connectivity index (χ0) is 19.6. The number of carbonyl (C=O) groups excluding carboxylic acids is 1. The lowest BCUT2D eigenvalue weighted by atomic mass is 9.83. The van der Waals surface area contributed by atoms with Gasteiger partial charge in [-0.05, 0) is 36.3 Å². The van der Waals surface area contributed by atoms with E-state index in [9.17, 15) is 14.7 Å². The van der Waals surface area contributed by atoms with Crippen LogP contribution in [0.4, 0.5) is 0 Å². The molecule has 3 unspecified atom stereocenters. The molecular formula is C23H28O4. The van der Waals surface area contributed by atoms with Crippen LogP contribution in [0.15, 0.2) is 60.7 Å². The lowest BCUT2D eigenvalue weighted by Crippen LogP contribution is -2.25. The van der Waals surface area contributed by atoms with E-state index in [0.717, 1.165) is 12.0 Å². The SMILES string of the molecule is CCC(CC(CC(C)C(=O)O)C(=O)OCc1ccccc1)c1ccccc1. The predicted octanol–water partition coefficient (Wildman–Crippen LogP) is 5.04. The third-order valence-corrected chi connectivity index (χ3v) is 4.95. The quantitative estimate of drug-likeness (QED) is 0.597. The maximum absolute atomic E-state index is 12.7. The molecule has 4 heteroatoms. The molecule has 0 heterocycles. The number of carboxylic acid groups (broad SMARTS) is 1. The van der Waals surface area contributed by atoms with Gasteiger partial charge in [-0.1, -0.05) is 74.5 Å². The van der Waals surface area contributed by atoms with E-state index in [0.29, 0.717) is 6.42 Å². The van der Waals surface area contributed by atoms with Gasteiger partial charge in [0.05, 0.1) is 11.8 Å². The molecule has 0 radical (unpaired) electrons. The van der Waals surface area contributed by atoms with Gasteiger partial charge < -0.3 is 9.84 Å². The molecule has 4 nitrogen and oxygen atoms in total.